The summed E-state index contributed by atoms with van der Waals surface area (Å²) in [6, 6.07) is 11.3. The molecule has 1 heterocycles. The summed E-state index contributed by atoms with van der Waals surface area (Å²) in [5, 5.41) is 13.0. The zero-order chi connectivity index (χ0) is 18.0. The number of carbonyl (C=O) groups excluding carboxylic acids is 1. The predicted molar refractivity (Wildman–Crippen MR) is 96.9 cm³/mol. The maximum absolute atomic E-state index is 12.5. The molecule has 2 N–H and O–H groups in total. The number of hydrogen-bond donors (Lipinski definition) is 2. The van der Waals surface area contributed by atoms with Crippen molar-refractivity contribution in [1.82, 2.24) is 0 Å². The van der Waals surface area contributed by atoms with Gasteiger partial charge in [0, 0.05) is 16.8 Å². The first-order valence-corrected chi connectivity index (χ1v) is 9.68. The number of aromatic hydroxyl groups is 1. The van der Waals surface area contributed by atoms with E-state index >= 15 is 0 Å². The minimum Gasteiger partial charge on any atom is -0.504 e. The lowest BCUT2D eigenvalue weighted by Crippen LogP contribution is -2.12. The van der Waals surface area contributed by atoms with Crippen LogP contribution in [0.25, 0.3) is 10.8 Å². The number of ether oxygens (including phenoxy) is 1. The molecule has 6 nitrogen and oxygen atoms in total. The Kier molecular flexibility index (Phi) is 4.65. The molecule has 0 bridgehead atoms. The van der Waals surface area contributed by atoms with E-state index in [9.17, 15) is 18.3 Å². The molecule has 0 atom stereocenters. The number of anilines is 1. The van der Waals surface area contributed by atoms with Crippen LogP contribution in [0.2, 0.25) is 0 Å². The van der Waals surface area contributed by atoms with Crippen LogP contribution < -0.4 is 9.46 Å². The summed E-state index contributed by atoms with van der Waals surface area (Å²) in [6.07, 6.45) is 0. The lowest BCUT2D eigenvalue weighted by atomic mass is 10.1. The van der Waals surface area contributed by atoms with E-state index in [1.807, 2.05) is 0 Å². The third kappa shape index (κ3) is 3.59. The van der Waals surface area contributed by atoms with Crippen LogP contribution in [0, 0.1) is 0 Å². The summed E-state index contributed by atoms with van der Waals surface area (Å²) in [6.45, 7) is 1.14. The van der Waals surface area contributed by atoms with Gasteiger partial charge in [-0.2, -0.15) is 0 Å². The molecule has 0 spiro atoms. The van der Waals surface area contributed by atoms with E-state index in [1.165, 1.54) is 19.1 Å². The average Bonchev–Trinajstić information content (AvgIpc) is 3.11. The highest BCUT2D eigenvalue weighted by Gasteiger charge is 2.19. The number of hydrogen-bond acceptors (Lipinski definition) is 6. The maximum atomic E-state index is 12.5. The SMILES string of the molecule is CC(=O)COc1cc(NS(=O)(=O)c2cccs2)c2ccccc2c1O. The van der Waals surface area contributed by atoms with Crippen molar-refractivity contribution in [2.45, 2.75) is 11.1 Å². The van der Waals surface area contributed by atoms with Gasteiger partial charge in [-0.15, -0.1) is 11.3 Å². The topological polar surface area (TPSA) is 92.7 Å². The second-order valence-corrected chi connectivity index (χ2v) is 8.20. The number of thiophene rings is 1. The van der Waals surface area contributed by atoms with E-state index in [0.717, 1.165) is 11.3 Å². The number of sulfonamides is 1. The lowest BCUT2D eigenvalue weighted by molar-refractivity contribution is -0.118. The van der Waals surface area contributed by atoms with Crippen LogP contribution in [-0.4, -0.2) is 25.9 Å². The first-order valence-electron chi connectivity index (χ1n) is 7.32. The fourth-order valence-corrected chi connectivity index (χ4v) is 4.38. The van der Waals surface area contributed by atoms with Gasteiger partial charge in [0.15, 0.2) is 17.3 Å². The number of phenols is 1. The average molecular weight is 377 g/mol. The van der Waals surface area contributed by atoms with E-state index in [4.69, 9.17) is 4.74 Å². The van der Waals surface area contributed by atoms with Gasteiger partial charge in [-0.25, -0.2) is 8.42 Å². The van der Waals surface area contributed by atoms with Gasteiger partial charge in [-0.05, 0) is 18.4 Å². The lowest BCUT2D eigenvalue weighted by Gasteiger charge is -2.14. The van der Waals surface area contributed by atoms with Crippen LogP contribution in [0.3, 0.4) is 0 Å². The summed E-state index contributed by atoms with van der Waals surface area (Å²) >= 11 is 1.10. The first kappa shape index (κ1) is 17.2. The van der Waals surface area contributed by atoms with Crippen LogP contribution in [0.1, 0.15) is 6.92 Å². The molecule has 0 amide bonds. The van der Waals surface area contributed by atoms with E-state index in [2.05, 4.69) is 4.72 Å². The maximum Gasteiger partial charge on any atom is 0.271 e. The van der Waals surface area contributed by atoms with Crippen molar-refractivity contribution in [2.24, 2.45) is 0 Å². The van der Waals surface area contributed by atoms with Crippen LogP contribution in [0.15, 0.2) is 52.1 Å². The Hall–Kier alpha value is -2.58. The van der Waals surface area contributed by atoms with Gasteiger partial charge in [0.05, 0.1) is 5.69 Å². The second-order valence-electron chi connectivity index (χ2n) is 5.34. The molecule has 1 aromatic heterocycles. The molecule has 0 aliphatic rings. The molecule has 0 radical (unpaired) electrons. The molecular weight excluding hydrogens is 362 g/mol. The minimum atomic E-state index is -3.76. The molecule has 0 unspecified atom stereocenters. The number of ketones is 1. The van der Waals surface area contributed by atoms with Gasteiger partial charge in [-0.3, -0.25) is 9.52 Å². The molecular formula is C17H15NO5S2. The summed E-state index contributed by atoms with van der Waals surface area (Å²) < 4.78 is 33.0. The Morgan fingerprint density at radius 3 is 2.56 bits per heavy atom. The van der Waals surface area contributed by atoms with Gasteiger partial charge >= 0.3 is 0 Å². The third-order valence-electron chi connectivity index (χ3n) is 3.42. The van der Waals surface area contributed by atoms with E-state index < -0.39 is 10.0 Å². The highest BCUT2D eigenvalue weighted by Crippen LogP contribution is 2.40. The number of fused-ring (bicyclic) bond motifs is 1. The van der Waals surface area contributed by atoms with Crippen LogP contribution in [0.4, 0.5) is 5.69 Å². The van der Waals surface area contributed by atoms with Crippen molar-refractivity contribution in [3.63, 3.8) is 0 Å². The summed E-state index contributed by atoms with van der Waals surface area (Å²) in [4.78, 5) is 11.1. The number of rotatable bonds is 6. The van der Waals surface area contributed by atoms with Crippen molar-refractivity contribution < 1.29 is 23.1 Å². The highest BCUT2D eigenvalue weighted by molar-refractivity contribution is 7.94. The number of benzene rings is 2. The van der Waals surface area contributed by atoms with Gasteiger partial charge in [0.1, 0.15) is 10.8 Å². The van der Waals surface area contributed by atoms with Crippen LogP contribution >= 0.6 is 11.3 Å². The summed E-state index contributed by atoms with van der Waals surface area (Å²) in [7, 11) is -3.76. The van der Waals surface area contributed by atoms with Gasteiger partial charge in [0.2, 0.25) is 0 Å². The molecule has 0 aliphatic carbocycles. The molecule has 0 saturated carbocycles. The molecule has 3 rings (SSSR count). The molecule has 2 aromatic carbocycles. The third-order valence-corrected chi connectivity index (χ3v) is 6.18. The van der Waals surface area contributed by atoms with Crippen molar-refractivity contribution in [3.05, 3.63) is 47.8 Å². The fraction of sp³-hybridized carbons (Fsp3) is 0.118. The first-order chi connectivity index (χ1) is 11.9. The quantitative estimate of drug-likeness (QED) is 0.643. The zero-order valence-corrected chi connectivity index (χ0v) is 14.9. The van der Waals surface area contributed by atoms with E-state index in [0.29, 0.717) is 10.8 Å². The molecule has 130 valence electrons. The molecule has 0 saturated heterocycles. The number of phenolic OH excluding ortho intramolecular Hbond substituents is 1. The normalized spacial score (nSPS) is 11.4. The largest absolute Gasteiger partial charge is 0.504 e. The summed E-state index contributed by atoms with van der Waals surface area (Å²) in [5.74, 6) is -0.318. The van der Waals surface area contributed by atoms with Gasteiger partial charge in [-0.1, -0.05) is 30.3 Å². The van der Waals surface area contributed by atoms with E-state index in [-0.39, 0.29) is 33.8 Å². The Balaban J connectivity index is 2.10. The molecule has 8 heteroatoms. The standard InChI is InChI=1S/C17H15NO5S2/c1-11(19)10-23-15-9-14(12-5-2-3-6-13(12)17(15)20)18-25(21,22)16-7-4-8-24-16/h2-9,18,20H,10H2,1H3. The van der Waals surface area contributed by atoms with Gasteiger partial charge < -0.3 is 9.84 Å². The fourth-order valence-electron chi connectivity index (χ4n) is 2.32. The van der Waals surface area contributed by atoms with Crippen molar-refractivity contribution in [2.75, 3.05) is 11.3 Å². The second kappa shape index (κ2) is 6.73. The molecule has 25 heavy (non-hydrogen) atoms. The van der Waals surface area contributed by atoms with Crippen molar-refractivity contribution in [3.8, 4) is 11.5 Å². The van der Waals surface area contributed by atoms with Crippen molar-refractivity contribution in [1.29, 1.82) is 0 Å². The molecule has 0 fully saturated rings. The van der Waals surface area contributed by atoms with Gasteiger partial charge in [0.25, 0.3) is 10.0 Å². The Morgan fingerprint density at radius 2 is 1.92 bits per heavy atom. The highest BCUT2D eigenvalue weighted by atomic mass is 32.2. The van der Waals surface area contributed by atoms with Crippen LogP contribution in [0.5, 0.6) is 11.5 Å². The van der Waals surface area contributed by atoms with Crippen molar-refractivity contribution >= 4 is 43.6 Å². The summed E-state index contributed by atoms with van der Waals surface area (Å²) in [5.41, 5.74) is 0.264. The number of Topliss-reactive ketones (excluding diaryl/α,β-unsaturated/α-hetero) is 1. The molecule has 3 aromatic rings. The smallest absolute Gasteiger partial charge is 0.271 e. The molecule has 0 aliphatic heterocycles. The minimum absolute atomic E-state index is 0.0396. The predicted octanol–water partition coefficient (Wildman–Crippen LogP) is 3.38. The Labute approximate surface area is 148 Å². The Bertz CT molecular complexity index is 1030. The monoisotopic (exact) mass is 377 g/mol. The van der Waals surface area contributed by atoms with E-state index in [1.54, 1.807) is 35.7 Å². The zero-order valence-electron chi connectivity index (χ0n) is 13.2. The number of nitrogens with one attached hydrogen (secondary N) is 1. The number of carbonyl (C=O) groups is 1. The Morgan fingerprint density at radius 1 is 1.20 bits per heavy atom. The van der Waals surface area contributed by atoms with Crippen LogP contribution in [-0.2, 0) is 14.8 Å².